The SMILES string of the molecule is CC(Oc1ccc(Cl)cc1)C(=O)OCC(O)COc1ccc(Cl)cc1. The van der Waals surface area contributed by atoms with Crippen LogP contribution in [0.25, 0.3) is 0 Å². The van der Waals surface area contributed by atoms with Crippen LogP contribution in [-0.2, 0) is 9.53 Å². The van der Waals surface area contributed by atoms with Gasteiger partial charge in [0.15, 0.2) is 6.10 Å². The Balaban J connectivity index is 1.70. The Hall–Kier alpha value is -1.95. The zero-order valence-electron chi connectivity index (χ0n) is 13.5. The van der Waals surface area contributed by atoms with Gasteiger partial charge >= 0.3 is 5.97 Å². The zero-order valence-corrected chi connectivity index (χ0v) is 15.0. The smallest absolute Gasteiger partial charge is 0.347 e. The quantitative estimate of drug-likeness (QED) is 0.702. The summed E-state index contributed by atoms with van der Waals surface area (Å²) in [5.74, 6) is 0.482. The van der Waals surface area contributed by atoms with E-state index in [9.17, 15) is 9.90 Å². The Labute approximate surface area is 156 Å². The molecule has 25 heavy (non-hydrogen) atoms. The normalized spacial score (nSPS) is 13.0. The molecule has 2 unspecified atom stereocenters. The van der Waals surface area contributed by atoms with E-state index in [0.717, 1.165) is 0 Å². The van der Waals surface area contributed by atoms with Crippen LogP contribution in [0.2, 0.25) is 10.0 Å². The monoisotopic (exact) mass is 384 g/mol. The molecular formula is C18H18Cl2O5. The highest BCUT2D eigenvalue weighted by molar-refractivity contribution is 6.30. The highest BCUT2D eigenvalue weighted by Gasteiger charge is 2.18. The van der Waals surface area contributed by atoms with Gasteiger partial charge in [0.05, 0.1) is 0 Å². The maximum atomic E-state index is 11.9. The molecule has 1 N–H and O–H groups in total. The molecule has 2 atom stereocenters. The minimum absolute atomic E-state index is 0.0126. The van der Waals surface area contributed by atoms with Gasteiger partial charge in [-0.15, -0.1) is 0 Å². The first-order chi connectivity index (χ1) is 11.9. The average molecular weight is 385 g/mol. The molecule has 2 aromatic rings. The van der Waals surface area contributed by atoms with Crippen molar-refractivity contribution in [2.24, 2.45) is 0 Å². The maximum Gasteiger partial charge on any atom is 0.347 e. The van der Waals surface area contributed by atoms with Gasteiger partial charge < -0.3 is 19.3 Å². The summed E-state index contributed by atoms with van der Waals surface area (Å²) in [6, 6.07) is 13.4. The van der Waals surface area contributed by atoms with E-state index in [4.69, 9.17) is 37.4 Å². The predicted molar refractivity (Wildman–Crippen MR) is 95.5 cm³/mol. The van der Waals surface area contributed by atoms with Crippen LogP contribution in [0.5, 0.6) is 11.5 Å². The molecule has 0 radical (unpaired) electrons. The van der Waals surface area contributed by atoms with E-state index in [0.29, 0.717) is 21.5 Å². The van der Waals surface area contributed by atoms with Gasteiger partial charge in [-0.3, -0.25) is 0 Å². The van der Waals surface area contributed by atoms with E-state index < -0.39 is 18.2 Å². The third-order valence-corrected chi connectivity index (χ3v) is 3.64. The molecule has 0 spiro atoms. The zero-order chi connectivity index (χ0) is 18.2. The van der Waals surface area contributed by atoms with Gasteiger partial charge in [0, 0.05) is 10.0 Å². The second-order valence-corrected chi connectivity index (χ2v) is 6.14. The van der Waals surface area contributed by atoms with Gasteiger partial charge in [0.25, 0.3) is 0 Å². The molecule has 0 aliphatic carbocycles. The number of rotatable bonds is 8. The van der Waals surface area contributed by atoms with Crippen LogP contribution in [0.1, 0.15) is 6.92 Å². The Morgan fingerprint density at radius 1 is 0.960 bits per heavy atom. The van der Waals surface area contributed by atoms with Crippen molar-refractivity contribution in [3.05, 3.63) is 58.6 Å². The van der Waals surface area contributed by atoms with Crippen LogP contribution < -0.4 is 9.47 Å². The number of benzene rings is 2. The molecule has 0 saturated carbocycles. The maximum absolute atomic E-state index is 11.9. The minimum atomic E-state index is -0.956. The molecule has 0 aliphatic rings. The van der Waals surface area contributed by atoms with E-state index in [1.165, 1.54) is 0 Å². The van der Waals surface area contributed by atoms with Crippen molar-refractivity contribution in [3.8, 4) is 11.5 Å². The fourth-order valence-corrected chi connectivity index (χ4v) is 2.08. The predicted octanol–water partition coefficient (Wildman–Crippen LogP) is 3.74. The summed E-state index contributed by atoms with van der Waals surface area (Å²) in [6.45, 7) is 1.36. The third-order valence-electron chi connectivity index (χ3n) is 3.13. The lowest BCUT2D eigenvalue weighted by Gasteiger charge is -2.16. The van der Waals surface area contributed by atoms with Crippen LogP contribution in [0.4, 0.5) is 0 Å². The summed E-state index contributed by atoms with van der Waals surface area (Å²) < 4.78 is 15.9. The largest absolute Gasteiger partial charge is 0.491 e. The lowest BCUT2D eigenvalue weighted by Crippen LogP contribution is -2.31. The number of hydrogen-bond donors (Lipinski definition) is 1. The van der Waals surface area contributed by atoms with Crippen molar-refractivity contribution in [1.29, 1.82) is 0 Å². The number of esters is 1. The van der Waals surface area contributed by atoms with Crippen LogP contribution in [0.3, 0.4) is 0 Å². The second kappa shape index (κ2) is 9.51. The van der Waals surface area contributed by atoms with Crippen molar-refractivity contribution < 1.29 is 24.1 Å². The molecule has 0 aromatic heterocycles. The standard InChI is InChI=1S/C18H18Cl2O5/c1-12(25-17-8-4-14(20)5-9-17)18(22)24-11-15(21)10-23-16-6-2-13(19)3-7-16/h2-9,12,15,21H,10-11H2,1H3. The van der Waals surface area contributed by atoms with E-state index >= 15 is 0 Å². The lowest BCUT2D eigenvalue weighted by molar-refractivity contribution is -0.154. The first-order valence-corrected chi connectivity index (χ1v) is 8.35. The molecule has 0 heterocycles. The van der Waals surface area contributed by atoms with Crippen molar-refractivity contribution >= 4 is 29.2 Å². The van der Waals surface area contributed by atoms with E-state index in [1.807, 2.05) is 0 Å². The van der Waals surface area contributed by atoms with Gasteiger partial charge in [-0.2, -0.15) is 0 Å². The minimum Gasteiger partial charge on any atom is -0.491 e. The van der Waals surface area contributed by atoms with Crippen LogP contribution >= 0.6 is 23.2 Å². The Morgan fingerprint density at radius 3 is 2.04 bits per heavy atom. The van der Waals surface area contributed by atoms with Crippen LogP contribution in [0, 0.1) is 0 Å². The molecule has 0 bridgehead atoms. The van der Waals surface area contributed by atoms with E-state index in [-0.39, 0.29) is 13.2 Å². The number of aliphatic hydroxyl groups is 1. The van der Waals surface area contributed by atoms with Gasteiger partial charge in [-0.1, -0.05) is 23.2 Å². The summed E-state index contributed by atoms with van der Waals surface area (Å²) in [5, 5.41) is 11.0. The van der Waals surface area contributed by atoms with Gasteiger partial charge in [-0.05, 0) is 55.5 Å². The molecule has 0 amide bonds. The van der Waals surface area contributed by atoms with Crippen LogP contribution in [0.15, 0.2) is 48.5 Å². The Kier molecular flexibility index (Phi) is 7.37. The van der Waals surface area contributed by atoms with Crippen molar-refractivity contribution in [1.82, 2.24) is 0 Å². The molecule has 0 fully saturated rings. The van der Waals surface area contributed by atoms with Crippen molar-refractivity contribution in [2.45, 2.75) is 19.1 Å². The van der Waals surface area contributed by atoms with E-state index in [2.05, 4.69) is 0 Å². The summed E-state index contributed by atoms with van der Waals surface area (Å²) >= 11 is 11.6. The Bertz CT molecular complexity index is 673. The topological polar surface area (TPSA) is 65.0 Å². The number of carbonyl (C=O) groups is 1. The van der Waals surface area contributed by atoms with Crippen LogP contribution in [-0.4, -0.2) is 36.5 Å². The lowest BCUT2D eigenvalue weighted by atomic mass is 10.3. The van der Waals surface area contributed by atoms with Gasteiger partial charge in [0.1, 0.15) is 30.8 Å². The molecule has 2 rings (SSSR count). The molecule has 0 aliphatic heterocycles. The summed E-state index contributed by atoms with van der Waals surface area (Å²) in [5.41, 5.74) is 0. The molecular weight excluding hydrogens is 367 g/mol. The van der Waals surface area contributed by atoms with E-state index in [1.54, 1.807) is 55.5 Å². The first kappa shape index (κ1) is 19.4. The Morgan fingerprint density at radius 2 is 1.48 bits per heavy atom. The molecule has 5 nitrogen and oxygen atoms in total. The fourth-order valence-electron chi connectivity index (χ4n) is 1.83. The number of halogens is 2. The molecule has 7 heteroatoms. The molecule has 0 saturated heterocycles. The summed E-state index contributed by atoms with van der Waals surface area (Å²) in [7, 11) is 0. The molecule has 134 valence electrons. The molecule has 2 aromatic carbocycles. The van der Waals surface area contributed by atoms with Crippen molar-refractivity contribution in [2.75, 3.05) is 13.2 Å². The van der Waals surface area contributed by atoms with Gasteiger partial charge in [0.2, 0.25) is 0 Å². The number of hydrogen-bond acceptors (Lipinski definition) is 5. The highest BCUT2D eigenvalue weighted by Crippen LogP contribution is 2.17. The number of ether oxygens (including phenoxy) is 3. The number of aliphatic hydroxyl groups excluding tert-OH is 1. The second-order valence-electron chi connectivity index (χ2n) is 5.26. The van der Waals surface area contributed by atoms with Crippen molar-refractivity contribution in [3.63, 3.8) is 0 Å². The summed E-state index contributed by atoms with van der Waals surface area (Å²) in [6.07, 6.45) is -1.77. The number of carbonyl (C=O) groups excluding carboxylic acids is 1. The summed E-state index contributed by atoms with van der Waals surface area (Å²) in [4.78, 5) is 11.9. The average Bonchev–Trinajstić information content (AvgIpc) is 2.61. The third kappa shape index (κ3) is 6.82. The van der Waals surface area contributed by atoms with Gasteiger partial charge in [-0.25, -0.2) is 4.79 Å². The first-order valence-electron chi connectivity index (χ1n) is 7.59. The highest BCUT2D eigenvalue weighted by atomic mass is 35.5. The fraction of sp³-hybridized carbons (Fsp3) is 0.278.